The van der Waals surface area contributed by atoms with Crippen LogP contribution in [0.4, 0.5) is 0 Å². The van der Waals surface area contributed by atoms with Gasteiger partial charge in [-0.2, -0.15) is 0 Å². The van der Waals surface area contributed by atoms with Gasteiger partial charge in [0, 0.05) is 12.1 Å². The van der Waals surface area contributed by atoms with E-state index in [1.807, 2.05) is 0 Å². The highest BCUT2D eigenvalue weighted by Crippen LogP contribution is 2.63. The zero-order valence-corrected chi connectivity index (χ0v) is 12.5. The molecule has 0 saturated heterocycles. The summed E-state index contributed by atoms with van der Waals surface area (Å²) >= 11 is 0. The van der Waals surface area contributed by atoms with Crippen LogP contribution in [-0.2, 0) is 0 Å². The van der Waals surface area contributed by atoms with Gasteiger partial charge >= 0.3 is 0 Å². The first-order valence-electron chi connectivity index (χ1n) is 7.22. The molecule has 1 fully saturated rings. The largest absolute Gasteiger partial charge is 0.306 e. The minimum absolute atomic E-state index is 0.410. The third-order valence-electron chi connectivity index (χ3n) is 5.17. The van der Waals surface area contributed by atoms with Crippen molar-refractivity contribution < 1.29 is 0 Å². The minimum atomic E-state index is 0.410. The van der Waals surface area contributed by atoms with Crippen LogP contribution in [0.1, 0.15) is 59.1 Å². The smallest absolute Gasteiger partial charge is 0.0323 e. The monoisotopic (exact) mass is 245 g/mol. The second-order valence-electron chi connectivity index (χ2n) is 6.79. The molecular formula is C17H27N. The highest BCUT2D eigenvalue weighted by molar-refractivity contribution is 5.23. The molecule has 18 heavy (non-hydrogen) atoms. The van der Waals surface area contributed by atoms with E-state index in [1.165, 1.54) is 18.4 Å². The summed E-state index contributed by atoms with van der Waals surface area (Å²) in [5.74, 6) is 0. The van der Waals surface area contributed by atoms with Crippen LogP contribution in [0.15, 0.2) is 30.3 Å². The van der Waals surface area contributed by atoms with Crippen molar-refractivity contribution in [1.82, 2.24) is 5.32 Å². The number of rotatable bonds is 5. The normalized spacial score (nSPS) is 22.7. The quantitative estimate of drug-likeness (QED) is 0.802. The van der Waals surface area contributed by atoms with Crippen molar-refractivity contribution in [2.24, 2.45) is 10.8 Å². The average Bonchev–Trinajstić information content (AvgIpc) is 2.72. The first-order chi connectivity index (χ1) is 8.41. The van der Waals surface area contributed by atoms with Crippen molar-refractivity contribution in [2.75, 3.05) is 0 Å². The summed E-state index contributed by atoms with van der Waals surface area (Å²) in [7, 11) is 0. The van der Waals surface area contributed by atoms with E-state index in [1.54, 1.807) is 0 Å². The Kier molecular flexibility index (Phi) is 3.55. The Balaban J connectivity index is 2.10. The van der Waals surface area contributed by atoms with Gasteiger partial charge in [0.1, 0.15) is 0 Å². The summed E-state index contributed by atoms with van der Waals surface area (Å²) in [6.07, 6.45) is 2.44. The fourth-order valence-electron chi connectivity index (χ4n) is 3.13. The van der Waals surface area contributed by atoms with E-state index in [2.05, 4.69) is 70.3 Å². The van der Waals surface area contributed by atoms with E-state index in [0.717, 1.165) is 0 Å². The van der Waals surface area contributed by atoms with Crippen molar-refractivity contribution >= 4 is 0 Å². The lowest BCUT2D eigenvalue weighted by molar-refractivity contribution is 0.445. The first-order valence-corrected chi connectivity index (χ1v) is 7.22. The first kappa shape index (κ1) is 13.6. The van der Waals surface area contributed by atoms with Crippen LogP contribution in [-0.4, -0.2) is 6.04 Å². The molecule has 0 amide bonds. The average molecular weight is 245 g/mol. The Hall–Kier alpha value is -0.820. The highest BCUT2D eigenvalue weighted by atomic mass is 15.1. The van der Waals surface area contributed by atoms with Crippen LogP contribution in [0.2, 0.25) is 0 Å². The zero-order chi connectivity index (χ0) is 13.4. The Labute approximate surface area is 112 Å². The van der Waals surface area contributed by atoms with Gasteiger partial charge in [-0.3, -0.25) is 0 Å². The van der Waals surface area contributed by atoms with Gasteiger partial charge in [-0.25, -0.2) is 0 Å². The van der Waals surface area contributed by atoms with Crippen molar-refractivity contribution in [1.29, 1.82) is 0 Å². The zero-order valence-electron chi connectivity index (χ0n) is 12.5. The van der Waals surface area contributed by atoms with Crippen LogP contribution in [0, 0.1) is 10.8 Å². The Bertz CT molecular complexity index is 377. The van der Waals surface area contributed by atoms with E-state index in [0.29, 0.717) is 22.9 Å². The Morgan fingerprint density at radius 2 is 1.61 bits per heavy atom. The van der Waals surface area contributed by atoms with Crippen LogP contribution in [0.3, 0.4) is 0 Å². The number of hydrogen-bond donors (Lipinski definition) is 1. The second kappa shape index (κ2) is 4.70. The number of benzene rings is 1. The topological polar surface area (TPSA) is 12.0 Å². The molecule has 0 radical (unpaired) electrons. The summed E-state index contributed by atoms with van der Waals surface area (Å²) in [6.45, 7) is 11.8. The summed E-state index contributed by atoms with van der Waals surface area (Å²) in [6, 6.07) is 12.0. The molecule has 1 N–H and O–H groups in total. The SMILES string of the molecule is CCCC(NC1C(C)(C)C1(C)C)c1ccccc1. The van der Waals surface area contributed by atoms with Gasteiger partial charge in [0.2, 0.25) is 0 Å². The third kappa shape index (κ3) is 2.21. The van der Waals surface area contributed by atoms with Crippen LogP contribution >= 0.6 is 0 Å². The molecule has 1 unspecified atom stereocenters. The lowest BCUT2D eigenvalue weighted by Gasteiger charge is -2.20. The van der Waals surface area contributed by atoms with Gasteiger partial charge in [0.15, 0.2) is 0 Å². The molecule has 1 aromatic carbocycles. The summed E-state index contributed by atoms with van der Waals surface area (Å²) < 4.78 is 0. The molecule has 1 aliphatic carbocycles. The van der Waals surface area contributed by atoms with Crippen molar-refractivity contribution in [3.8, 4) is 0 Å². The van der Waals surface area contributed by atoms with Crippen molar-refractivity contribution in [3.05, 3.63) is 35.9 Å². The molecule has 1 atom stereocenters. The molecule has 0 heterocycles. The lowest BCUT2D eigenvalue weighted by Crippen LogP contribution is -2.27. The van der Waals surface area contributed by atoms with Crippen molar-refractivity contribution in [3.63, 3.8) is 0 Å². The third-order valence-corrected chi connectivity index (χ3v) is 5.17. The van der Waals surface area contributed by atoms with E-state index in [9.17, 15) is 0 Å². The molecule has 1 saturated carbocycles. The maximum atomic E-state index is 3.89. The van der Waals surface area contributed by atoms with Crippen LogP contribution in [0.5, 0.6) is 0 Å². The van der Waals surface area contributed by atoms with Gasteiger partial charge in [-0.15, -0.1) is 0 Å². The predicted molar refractivity (Wildman–Crippen MR) is 78.6 cm³/mol. The fourth-order valence-corrected chi connectivity index (χ4v) is 3.13. The van der Waals surface area contributed by atoms with Gasteiger partial charge in [-0.1, -0.05) is 71.4 Å². The molecule has 1 aliphatic rings. The Morgan fingerprint density at radius 3 is 2.06 bits per heavy atom. The van der Waals surface area contributed by atoms with E-state index >= 15 is 0 Å². The molecule has 1 nitrogen and oxygen atoms in total. The maximum Gasteiger partial charge on any atom is 0.0323 e. The van der Waals surface area contributed by atoms with Gasteiger partial charge < -0.3 is 5.32 Å². The maximum absolute atomic E-state index is 3.89. The summed E-state index contributed by atoms with van der Waals surface area (Å²) in [5.41, 5.74) is 2.25. The summed E-state index contributed by atoms with van der Waals surface area (Å²) in [5, 5.41) is 3.89. The molecule has 0 spiro atoms. The molecule has 1 aromatic rings. The van der Waals surface area contributed by atoms with Gasteiger partial charge in [-0.05, 0) is 22.8 Å². The molecule has 0 aromatic heterocycles. The molecule has 1 heteroatoms. The van der Waals surface area contributed by atoms with Crippen LogP contribution < -0.4 is 5.32 Å². The molecule has 2 rings (SSSR count). The number of nitrogens with one attached hydrogen (secondary N) is 1. The predicted octanol–water partition coefficient (Wildman–Crippen LogP) is 4.55. The molecule has 0 aliphatic heterocycles. The fraction of sp³-hybridized carbons (Fsp3) is 0.647. The Morgan fingerprint density at radius 1 is 1.06 bits per heavy atom. The second-order valence-corrected chi connectivity index (χ2v) is 6.79. The van der Waals surface area contributed by atoms with E-state index < -0.39 is 0 Å². The standard InChI is InChI=1S/C17H27N/c1-6-10-14(13-11-8-7-9-12-13)18-15-16(2,3)17(15,4)5/h7-9,11-12,14-15,18H,6,10H2,1-5H3. The van der Waals surface area contributed by atoms with Gasteiger partial charge in [0.25, 0.3) is 0 Å². The minimum Gasteiger partial charge on any atom is -0.306 e. The lowest BCUT2D eigenvalue weighted by atomic mass is 10.0. The molecule has 0 bridgehead atoms. The molecular weight excluding hydrogens is 218 g/mol. The van der Waals surface area contributed by atoms with Crippen LogP contribution in [0.25, 0.3) is 0 Å². The highest BCUT2D eigenvalue weighted by Gasteiger charge is 2.64. The van der Waals surface area contributed by atoms with E-state index in [4.69, 9.17) is 0 Å². The van der Waals surface area contributed by atoms with Gasteiger partial charge in [0.05, 0.1) is 0 Å². The van der Waals surface area contributed by atoms with Crippen molar-refractivity contribution in [2.45, 2.75) is 59.5 Å². The van der Waals surface area contributed by atoms with E-state index in [-0.39, 0.29) is 0 Å². The number of hydrogen-bond acceptors (Lipinski definition) is 1. The summed E-state index contributed by atoms with van der Waals surface area (Å²) in [4.78, 5) is 0. The molecule has 100 valence electrons.